The van der Waals surface area contributed by atoms with Crippen molar-refractivity contribution in [1.29, 1.82) is 5.26 Å². The molecule has 592 valence electrons. The van der Waals surface area contributed by atoms with E-state index in [2.05, 4.69) is 65.4 Å². The number of anilines is 1. The molecule has 4 aromatic rings. The van der Waals surface area contributed by atoms with Gasteiger partial charge in [0.1, 0.15) is 28.0 Å². The van der Waals surface area contributed by atoms with Crippen LogP contribution in [0.25, 0.3) is 19.4 Å². The van der Waals surface area contributed by atoms with Gasteiger partial charge in [-0.1, -0.05) is 59.3 Å². The van der Waals surface area contributed by atoms with Crippen molar-refractivity contribution in [3.63, 3.8) is 0 Å². The largest absolute Gasteiger partial charge is 0.481 e. The molecule has 7 aliphatic rings. The monoisotopic (exact) mass is 1510 g/mol. The zero-order valence-electron chi connectivity index (χ0n) is 64.7. The molecular formula is C82H113N11O16. The van der Waals surface area contributed by atoms with Crippen LogP contribution >= 0.6 is 0 Å². The van der Waals surface area contributed by atoms with Gasteiger partial charge in [-0.25, -0.2) is 50.3 Å². The number of hydrogen-bond acceptors (Lipinski definition) is 16. The fourth-order valence-electron chi connectivity index (χ4n) is 14.7. The molecule has 0 saturated heterocycles. The number of aromatic nitrogens is 3. The summed E-state index contributed by atoms with van der Waals surface area (Å²) in [4.78, 5) is 128. The molecule has 7 aliphatic carbocycles. The second kappa shape index (κ2) is 47.6. The van der Waals surface area contributed by atoms with Crippen LogP contribution in [0.3, 0.4) is 0 Å². The average molecular weight is 1510 g/mol. The van der Waals surface area contributed by atoms with E-state index in [1.165, 1.54) is 81.4 Å². The minimum atomic E-state index is -1.20. The van der Waals surface area contributed by atoms with Gasteiger partial charge in [0.2, 0.25) is 30.1 Å². The minimum Gasteiger partial charge on any atom is -0.481 e. The quantitative estimate of drug-likeness (QED) is 0.0590. The second-order valence-electron chi connectivity index (χ2n) is 30.4. The standard InChI is InChI=1S/C17H23N3O3.C14H16N2O3.C13H14N2O3.C8H15NO.C8H13N.C8H14O2.C7H12N2.C7H6O4/c1-17(2,3)23-16(22)19-14-9-6-10-20(15(14)21)13-8-5-7-12(11-13)18-4;1-15-10-5-3-6-11(9-10)16-8-4-7-12(13(16)17)14(18)19-2;1-14-9-4-2-5-10(8-9)15-7-3-6-11(12(15)16)13(17)18;1-6-3-2-4-7(5-6)8(9)10;1-7-3-2-4-8(5-7)6-9;1-6-3-2-4-7(5-6)8(9)10;1-9-7-4-2-3-6(8)5-7;1-10-6(8)5-3-2-4-11-7(5)9/h6,9-10,12-13H,5,7-8,11H2,1-3H3,(H,19,22);4,7-8,10-11H,3,5-6,9H2,2H3;3,6-7,9-10H,2,4-5,8H2,(H,17,18);6-7H,2-5H2,1H3,(H2,9,10);7-8H,2-5H2,1H3;6-7H,2-5H2,1H3,(H,9,10);6-7H,2-5,8H2;2-4H,1H3/t12-,13+;10-,11+;9-,10+;6-,7+;7-,8+;2*6-,7+;/m1111110./s1. The number of nitrogens with two attached hydrogens (primary N) is 2. The van der Waals surface area contributed by atoms with E-state index < -0.39 is 46.8 Å². The predicted molar refractivity (Wildman–Crippen MR) is 413 cm³/mol. The van der Waals surface area contributed by atoms with Gasteiger partial charge in [-0.05, 0) is 177 Å². The van der Waals surface area contributed by atoms with Crippen LogP contribution in [0, 0.1) is 73.1 Å². The number of nitrogens with zero attached hydrogens (tertiary/aromatic N) is 8. The molecule has 0 aliphatic heterocycles. The number of carbonyl (C=O) groups is 6. The van der Waals surface area contributed by atoms with Gasteiger partial charge in [-0.3, -0.25) is 29.3 Å². The number of pyridine rings is 3. The van der Waals surface area contributed by atoms with Gasteiger partial charge >= 0.3 is 35.6 Å². The van der Waals surface area contributed by atoms with Gasteiger partial charge in [0.25, 0.3) is 16.7 Å². The third kappa shape index (κ3) is 31.9. The number of aromatic carboxylic acids is 1. The lowest BCUT2D eigenvalue weighted by Gasteiger charge is -2.25. The molecule has 7 saturated carbocycles. The highest BCUT2D eigenvalue weighted by molar-refractivity contribution is 5.89. The molecule has 0 radical (unpaired) electrons. The molecule has 2 amide bonds. The topological polar surface area (TPSA) is 372 Å². The molecule has 4 heterocycles. The summed E-state index contributed by atoms with van der Waals surface area (Å²) < 4.78 is 23.2. The number of ether oxygens (including phenoxy) is 3. The van der Waals surface area contributed by atoms with Crippen molar-refractivity contribution < 1.29 is 57.6 Å². The van der Waals surface area contributed by atoms with E-state index in [1.807, 2.05) is 0 Å². The second-order valence-corrected chi connectivity index (χ2v) is 30.4. The number of rotatable bonds is 9. The van der Waals surface area contributed by atoms with Crippen LogP contribution in [0.2, 0.25) is 0 Å². The van der Waals surface area contributed by atoms with Gasteiger partial charge in [0, 0.05) is 106 Å². The Kier molecular flexibility index (Phi) is 39.8. The van der Waals surface area contributed by atoms with E-state index in [0.29, 0.717) is 43.1 Å². The maximum Gasteiger partial charge on any atom is 0.412 e. The maximum absolute atomic E-state index is 12.6. The number of carboxylic acids is 2. The van der Waals surface area contributed by atoms with Crippen LogP contribution in [0.1, 0.15) is 271 Å². The molecule has 109 heavy (non-hydrogen) atoms. The first-order chi connectivity index (χ1) is 51.9. The van der Waals surface area contributed by atoms with Gasteiger partial charge in [0.15, 0.2) is 0 Å². The van der Waals surface area contributed by atoms with Crippen LogP contribution in [-0.2, 0) is 23.8 Å². The Balaban J connectivity index is 0.000000270. The number of nitriles is 1. The molecule has 0 unspecified atom stereocenters. The molecule has 7 fully saturated rings. The molecule has 4 aromatic heterocycles. The number of carbonyl (C=O) groups excluding carboxylic acids is 4. The highest BCUT2D eigenvalue weighted by atomic mass is 16.6. The summed E-state index contributed by atoms with van der Waals surface area (Å²) in [6.45, 7) is 40.0. The number of primary amides is 1. The van der Waals surface area contributed by atoms with Gasteiger partial charge in [-0.15, -0.1) is 0 Å². The van der Waals surface area contributed by atoms with Gasteiger partial charge in [0.05, 0.1) is 32.5 Å². The van der Waals surface area contributed by atoms with E-state index in [4.69, 9.17) is 58.0 Å². The Labute approximate surface area is 640 Å². The molecule has 27 nitrogen and oxygen atoms in total. The van der Waals surface area contributed by atoms with E-state index in [-0.39, 0.29) is 93.5 Å². The Bertz CT molecular complexity index is 4000. The smallest absolute Gasteiger partial charge is 0.412 e. The number of nitrogens with one attached hydrogen (secondary N) is 1. The normalized spacial score (nSPS) is 25.2. The Morgan fingerprint density at radius 2 is 0.936 bits per heavy atom. The van der Waals surface area contributed by atoms with E-state index in [1.54, 1.807) is 72.8 Å². The average Bonchev–Trinajstić information content (AvgIpc) is 0.836. The summed E-state index contributed by atoms with van der Waals surface area (Å²) >= 11 is 0. The van der Waals surface area contributed by atoms with Crippen LogP contribution in [0.4, 0.5) is 10.5 Å². The number of amides is 2. The highest BCUT2D eigenvalue weighted by Crippen LogP contribution is 2.34. The fraction of sp³-hybridized carbons (Fsp3) is 0.622. The lowest BCUT2D eigenvalue weighted by Crippen LogP contribution is -2.33. The molecule has 7 N–H and O–H groups in total. The number of esters is 2. The van der Waals surface area contributed by atoms with Crippen LogP contribution in [0.5, 0.6) is 0 Å². The van der Waals surface area contributed by atoms with Crippen molar-refractivity contribution >= 4 is 41.6 Å². The maximum atomic E-state index is 12.6. The third-order valence-electron chi connectivity index (χ3n) is 20.5. The minimum absolute atomic E-state index is 0.00459. The summed E-state index contributed by atoms with van der Waals surface area (Å²) in [6.07, 6.45) is 33.3. The fourth-order valence-corrected chi connectivity index (χ4v) is 14.7. The summed E-state index contributed by atoms with van der Waals surface area (Å²) in [5.41, 5.74) is 8.45. The first kappa shape index (κ1) is 91.2. The summed E-state index contributed by atoms with van der Waals surface area (Å²) in [6, 6.07) is 14.9. The highest BCUT2D eigenvalue weighted by Gasteiger charge is 2.32. The zero-order chi connectivity index (χ0) is 80.8. The van der Waals surface area contributed by atoms with Crippen molar-refractivity contribution in [1.82, 2.24) is 13.7 Å². The van der Waals surface area contributed by atoms with Crippen molar-refractivity contribution in [2.45, 2.75) is 275 Å². The first-order valence-electron chi connectivity index (χ1n) is 38.2. The van der Waals surface area contributed by atoms with Crippen LogP contribution in [-0.4, -0.2) is 110 Å². The number of hydrogen-bond donors (Lipinski definition) is 5. The number of carboxylic acid groups (broad SMARTS) is 2. The van der Waals surface area contributed by atoms with Crippen molar-refractivity contribution in [2.24, 2.45) is 47.0 Å². The van der Waals surface area contributed by atoms with Gasteiger partial charge in [-0.2, -0.15) is 5.26 Å². The van der Waals surface area contributed by atoms with E-state index >= 15 is 0 Å². The zero-order valence-corrected chi connectivity index (χ0v) is 64.7. The molecule has 0 spiro atoms. The van der Waals surface area contributed by atoms with Crippen molar-refractivity contribution in [2.75, 3.05) is 19.5 Å². The lowest BCUT2D eigenvalue weighted by atomic mass is 9.82. The molecular weight excluding hydrogens is 1390 g/mol. The summed E-state index contributed by atoms with van der Waals surface area (Å²) in [5.74, 6) is -0.605. The van der Waals surface area contributed by atoms with Crippen molar-refractivity contribution in [3.8, 4) is 6.07 Å². The van der Waals surface area contributed by atoms with Crippen molar-refractivity contribution in [3.05, 3.63) is 177 Å². The summed E-state index contributed by atoms with van der Waals surface area (Å²) in [5, 5.41) is 28.7. The summed E-state index contributed by atoms with van der Waals surface area (Å²) in [7, 11) is 2.46. The third-order valence-corrected chi connectivity index (χ3v) is 20.5. The lowest BCUT2D eigenvalue weighted by molar-refractivity contribution is -0.143. The number of aliphatic carboxylic acids is 1. The molecule has 0 aromatic carbocycles. The van der Waals surface area contributed by atoms with Crippen LogP contribution in [0.15, 0.2) is 97.0 Å². The number of methoxy groups -OCH3 is 2. The molecule has 27 heteroatoms. The molecule has 0 bridgehead atoms. The van der Waals surface area contributed by atoms with E-state index in [9.17, 15) is 47.9 Å². The first-order valence-corrected chi connectivity index (χ1v) is 38.2. The van der Waals surface area contributed by atoms with Crippen LogP contribution < -0.4 is 39.1 Å². The van der Waals surface area contributed by atoms with Gasteiger partial charge < -0.3 is 73.4 Å². The Morgan fingerprint density at radius 1 is 0.532 bits per heavy atom. The SMILES string of the molecule is COC(=O)c1cccoc1=O.C[C@@H]1CCC[C@H](C#N)C1.C[C@@H]1CCC[C@H](C(=O)O)C1.C[C@@H]1CCC[C@H](C(N)=O)C1.[C-]#[N+][C@@H]1CCC[C@H](N)C1.[C-]#[N+][C@@H]1CCC[C@H](n2cccc(C(=O)O)c2=O)C1.[C-]#[N+][C@@H]1CCC[C@H](n2cccc(C(=O)OC)c2=O)C1.[C-]#[N+][C@@H]1CCC[C@H](n2cccc(NC(=O)OC(C)(C)C)c2=O)C1. The molecule has 11 rings (SSSR count). The predicted octanol–water partition coefficient (Wildman–Crippen LogP) is 14.7. The van der Waals surface area contributed by atoms with E-state index in [0.717, 1.165) is 134 Å². The Hall–Kier alpha value is -10.2. The molecule has 14 atom stereocenters. The Morgan fingerprint density at radius 3 is 1.32 bits per heavy atom.